The maximum atomic E-state index is 8.80. The zero-order chi connectivity index (χ0) is 12.1. The van der Waals surface area contributed by atoms with Gasteiger partial charge in [0.2, 0.25) is 0 Å². The highest BCUT2D eigenvalue weighted by Crippen LogP contribution is 2.33. The van der Waals surface area contributed by atoms with Crippen LogP contribution in [0.15, 0.2) is 24.3 Å². The second kappa shape index (κ2) is 5.31. The van der Waals surface area contributed by atoms with Crippen molar-refractivity contribution in [1.82, 2.24) is 0 Å². The second-order valence-corrected chi connectivity index (χ2v) is 4.33. The molecule has 0 saturated carbocycles. The third-order valence-electron chi connectivity index (χ3n) is 3.14. The normalized spacial score (nSPS) is 24.2. The lowest BCUT2D eigenvalue weighted by Crippen LogP contribution is -2.40. The summed E-state index contributed by atoms with van der Waals surface area (Å²) in [5.74, 6) is 0. The molecular formula is C14H17NO2. The predicted octanol–water partition coefficient (Wildman–Crippen LogP) is 2.60. The summed E-state index contributed by atoms with van der Waals surface area (Å²) in [6, 6.07) is 9.76. The van der Waals surface area contributed by atoms with Crippen LogP contribution >= 0.6 is 0 Å². The molecule has 0 amide bonds. The summed E-state index contributed by atoms with van der Waals surface area (Å²) in [4.78, 5) is 0. The van der Waals surface area contributed by atoms with E-state index in [1.807, 2.05) is 24.3 Å². The maximum absolute atomic E-state index is 8.80. The zero-order valence-corrected chi connectivity index (χ0v) is 10.1. The summed E-state index contributed by atoms with van der Waals surface area (Å²) in [6.45, 7) is 4.05. The standard InChI is InChI=1S/C14H17NO2/c1-2-7-14(11-16-8-9-17-14)13-5-3-12(10-15)4-6-13/h3-6H,2,7-9,11H2,1H3. The summed E-state index contributed by atoms with van der Waals surface area (Å²) in [6.07, 6.45) is 1.99. The highest BCUT2D eigenvalue weighted by atomic mass is 16.6. The first kappa shape index (κ1) is 12.1. The molecule has 0 radical (unpaired) electrons. The average Bonchev–Trinajstić information content (AvgIpc) is 2.40. The van der Waals surface area contributed by atoms with Crippen LogP contribution < -0.4 is 0 Å². The van der Waals surface area contributed by atoms with Crippen molar-refractivity contribution in [1.29, 1.82) is 5.26 Å². The van der Waals surface area contributed by atoms with E-state index in [0.717, 1.165) is 18.4 Å². The SMILES string of the molecule is CCCC1(c2ccc(C#N)cc2)COCCO1. The predicted molar refractivity (Wildman–Crippen MR) is 64.5 cm³/mol. The molecule has 1 aliphatic rings. The first-order chi connectivity index (χ1) is 8.30. The lowest BCUT2D eigenvalue weighted by Gasteiger charge is -2.37. The third-order valence-corrected chi connectivity index (χ3v) is 3.14. The van der Waals surface area contributed by atoms with Gasteiger partial charge in [0, 0.05) is 0 Å². The Bertz CT molecular complexity index is 394. The number of nitrogens with zero attached hydrogens (tertiary/aromatic N) is 1. The average molecular weight is 231 g/mol. The van der Waals surface area contributed by atoms with Crippen LogP contribution in [-0.2, 0) is 15.1 Å². The minimum Gasteiger partial charge on any atom is -0.376 e. The minimum absolute atomic E-state index is 0.318. The lowest BCUT2D eigenvalue weighted by molar-refractivity contribution is -0.166. The molecule has 17 heavy (non-hydrogen) atoms. The van der Waals surface area contributed by atoms with Crippen LogP contribution in [0.2, 0.25) is 0 Å². The van der Waals surface area contributed by atoms with Gasteiger partial charge in [-0.25, -0.2) is 0 Å². The molecule has 1 aliphatic heterocycles. The molecule has 0 aliphatic carbocycles. The number of hydrogen-bond donors (Lipinski definition) is 0. The summed E-state index contributed by atoms with van der Waals surface area (Å²) >= 11 is 0. The molecular weight excluding hydrogens is 214 g/mol. The van der Waals surface area contributed by atoms with E-state index in [-0.39, 0.29) is 5.60 Å². The molecule has 1 heterocycles. The first-order valence-electron chi connectivity index (χ1n) is 6.03. The molecule has 0 N–H and O–H groups in total. The molecule has 0 spiro atoms. The fraction of sp³-hybridized carbons (Fsp3) is 0.500. The second-order valence-electron chi connectivity index (χ2n) is 4.33. The molecule has 1 unspecified atom stereocenters. The minimum atomic E-state index is -0.318. The highest BCUT2D eigenvalue weighted by molar-refractivity contribution is 5.34. The Balaban J connectivity index is 2.28. The van der Waals surface area contributed by atoms with Crippen molar-refractivity contribution in [2.75, 3.05) is 19.8 Å². The van der Waals surface area contributed by atoms with E-state index >= 15 is 0 Å². The van der Waals surface area contributed by atoms with Gasteiger partial charge in [-0.2, -0.15) is 5.26 Å². The fourth-order valence-electron chi connectivity index (χ4n) is 2.28. The zero-order valence-electron chi connectivity index (χ0n) is 10.1. The Morgan fingerprint density at radius 2 is 2.06 bits per heavy atom. The van der Waals surface area contributed by atoms with Gasteiger partial charge in [0.15, 0.2) is 0 Å². The smallest absolute Gasteiger partial charge is 0.116 e. The number of nitriles is 1. The topological polar surface area (TPSA) is 42.2 Å². The van der Waals surface area contributed by atoms with Crippen molar-refractivity contribution in [3.63, 3.8) is 0 Å². The van der Waals surface area contributed by atoms with Gasteiger partial charge >= 0.3 is 0 Å². The van der Waals surface area contributed by atoms with Crippen molar-refractivity contribution >= 4 is 0 Å². The van der Waals surface area contributed by atoms with E-state index in [4.69, 9.17) is 14.7 Å². The summed E-state index contributed by atoms with van der Waals surface area (Å²) in [5.41, 5.74) is 1.47. The Hall–Kier alpha value is -1.37. The van der Waals surface area contributed by atoms with Crippen LogP contribution in [0.25, 0.3) is 0 Å². The molecule has 2 rings (SSSR count). The quantitative estimate of drug-likeness (QED) is 0.803. The van der Waals surface area contributed by atoms with Gasteiger partial charge in [-0.15, -0.1) is 0 Å². The van der Waals surface area contributed by atoms with Crippen molar-refractivity contribution in [3.8, 4) is 6.07 Å². The lowest BCUT2D eigenvalue weighted by atomic mass is 9.88. The Morgan fingerprint density at radius 3 is 2.59 bits per heavy atom. The third kappa shape index (κ3) is 2.49. The highest BCUT2D eigenvalue weighted by Gasteiger charge is 2.35. The molecule has 1 aromatic rings. The van der Waals surface area contributed by atoms with Gasteiger partial charge in [0.1, 0.15) is 5.60 Å². The Kier molecular flexibility index (Phi) is 3.78. The molecule has 1 saturated heterocycles. The van der Waals surface area contributed by atoms with Gasteiger partial charge in [0.05, 0.1) is 31.5 Å². The van der Waals surface area contributed by atoms with Gasteiger partial charge in [-0.1, -0.05) is 25.5 Å². The van der Waals surface area contributed by atoms with Gasteiger partial charge < -0.3 is 9.47 Å². The van der Waals surface area contributed by atoms with Crippen LogP contribution in [0, 0.1) is 11.3 Å². The number of rotatable bonds is 3. The summed E-state index contributed by atoms with van der Waals surface area (Å²) in [7, 11) is 0. The molecule has 90 valence electrons. The molecule has 1 aromatic carbocycles. The monoisotopic (exact) mass is 231 g/mol. The Morgan fingerprint density at radius 1 is 1.29 bits per heavy atom. The first-order valence-corrected chi connectivity index (χ1v) is 6.03. The maximum Gasteiger partial charge on any atom is 0.116 e. The molecule has 3 nitrogen and oxygen atoms in total. The van der Waals surface area contributed by atoms with Crippen LogP contribution in [0.3, 0.4) is 0 Å². The van der Waals surface area contributed by atoms with E-state index in [1.54, 1.807) is 0 Å². The van der Waals surface area contributed by atoms with E-state index < -0.39 is 0 Å². The molecule has 0 aromatic heterocycles. The fourth-order valence-corrected chi connectivity index (χ4v) is 2.28. The van der Waals surface area contributed by atoms with Crippen molar-refractivity contribution in [2.24, 2.45) is 0 Å². The number of hydrogen-bond acceptors (Lipinski definition) is 3. The van der Waals surface area contributed by atoms with Crippen LogP contribution in [0.1, 0.15) is 30.9 Å². The molecule has 3 heteroatoms. The number of benzene rings is 1. The van der Waals surface area contributed by atoms with Crippen LogP contribution in [0.5, 0.6) is 0 Å². The molecule has 0 bridgehead atoms. The Labute approximate surface area is 102 Å². The van der Waals surface area contributed by atoms with E-state index in [1.165, 1.54) is 0 Å². The van der Waals surface area contributed by atoms with E-state index in [2.05, 4.69) is 13.0 Å². The molecule has 1 fully saturated rings. The van der Waals surface area contributed by atoms with Crippen molar-refractivity contribution in [2.45, 2.75) is 25.4 Å². The van der Waals surface area contributed by atoms with E-state index in [0.29, 0.717) is 25.4 Å². The van der Waals surface area contributed by atoms with Crippen molar-refractivity contribution in [3.05, 3.63) is 35.4 Å². The largest absolute Gasteiger partial charge is 0.376 e. The number of ether oxygens (including phenoxy) is 2. The van der Waals surface area contributed by atoms with Crippen LogP contribution in [-0.4, -0.2) is 19.8 Å². The molecule has 1 atom stereocenters. The summed E-state index contributed by atoms with van der Waals surface area (Å²) in [5, 5.41) is 8.80. The van der Waals surface area contributed by atoms with Crippen molar-refractivity contribution < 1.29 is 9.47 Å². The van der Waals surface area contributed by atoms with E-state index in [9.17, 15) is 0 Å². The summed E-state index contributed by atoms with van der Waals surface area (Å²) < 4.78 is 11.5. The van der Waals surface area contributed by atoms with Gasteiger partial charge in [0.25, 0.3) is 0 Å². The van der Waals surface area contributed by atoms with Gasteiger partial charge in [-0.05, 0) is 24.1 Å². The van der Waals surface area contributed by atoms with Gasteiger partial charge in [-0.3, -0.25) is 0 Å². The van der Waals surface area contributed by atoms with Crippen LogP contribution in [0.4, 0.5) is 0 Å².